The van der Waals surface area contributed by atoms with Crippen LogP contribution in [0.3, 0.4) is 0 Å². The summed E-state index contributed by atoms with van der Waals surface area (Å²) in [5, 5.41) is 11.1. The molecule has 0 aliphatic rings. The van der Waals surface area contributed by atoms with E-state index in [0.29, 0.717) is 23.6 Å². The highest BCUT2D eigenvalue weighted by molar-refractivity contribution is 6.39. The number of nitrogens with one attached hydrogen (secondary N) is 2. The quantitative estimate of drug-likeness (QED) is 0.160. The molecule has 1 aromatic heterocycles. The fraction of sp³-hybridized carbons (Fsp3) is 0.0323. The Kier molecular flexibility index (Phi) is 8.02. The number of para-hydroxylation sites is 1. The number of carbonyl (C=O) groups excluding carboxylic acids is 2. The Morgan fingerprint density at radius 1 is 0.850 bits per heavy atom. The Morgan fingerprint density at radius 2 is 1.52 bits per heavy atom. The molecule has 4 aromatic carbocycles. The molecule has 0 atom stereocenters. The van der Waals surface area contributed by atoms with Crippen LogP contribution in [0.15, 0.2) is 120 Å². The van der Waals surface area contributed by atoms with E-state index in [1.807, 2.05) is 84.9 Å². The molecule has 40 heavy (non-hydrogen) atoms. The van der Waals surface area contributed by atoms with Gasteiger partial charge in [-0.2, -0.15) is 10.2 Å². The second-order valence-corrected chi connectivity index (χ2v) is 8.67. The van der Waals surface area contributed by atoms with Crippen LogP contribution in [-0.2, 0) is 16.2 Å². The highest BCUT2D eigenvalue weighted by Gasteiger charge is 2.14. The van der Waals surface area contributed by atoms with Crippen molar-refractivity contribution in [3.8, 4) is 22.7 Å². The van der Waals surface area contributed by atoms with Crippen molar-refractivity contribution in [2.45, 2.75) is 6.61 Å². The average Bonchev–Trinajstić information content (AvgIpc) is 3.42. The van der Waals surface area contributed by atoms with Crippen LogP contribution in [0.1, 0.15) is 11.1 Å². The predicted molar refractivity (Wildman–Crippen MR) is 151 cm³/mol. The van der Waals surface area contributed by atoms with Gasteiger partial charge in [0.05, 0.1) is 11.9 Å². The van der Waals surface area contributed by atoms with Crippen LogP contribution >= 0.6 is 0 Å². The molecule has 0 fully saturated rings. The molecule has 1 heterocycles. The van der Waals surface area contributed by atoms with Crippen molar-refractivity contribution in [1.29, 1.82) is 0 Å². The van der Waals surface area contributed by atoms with Gasteiger partial charge in [0.25, 0.3) is 0 Å². The summed E-state index contributed by atoms with van der Waals surface area (Å²) in [5.41, 5.74) is 6.45. The first kappa shape index (κ1) is 26.1. The Bertz CT molecular complexity index is 1620. The number of hydrogen-bond acceptors (Lipinski definition) is 5. The smallest absolute Gasteiger partial charge is 0.329 e. The fourth-order valence-corrected chi connectivity index (χ4v) is 3.80. The van der Waals surface area contributed by atoms with Crippen LogP contribution in [0.5, 0.6) is 5.75 Å². The lowest BCUT2D eigenvalue weighted by Crippen LogP contribution is -2.32. The number of amides is 2. The normalized spacial score (nSPS) is 10.8. The third-order valence-electron chi connectivity index (χ3n) is 5.82. The SMILES string of the molecule is O=C(N/N=C/c1cn(-c2ccccc2)nc1-c1ccc(OCc2ccccc2)cc1)C(=O)Nc1ccc(F)cc1. The molecule has 0 bridgehead atoms. The molecule has 2 N–H and O–H groups in total. The molecule has 0 aliphatic carbocycles. The van der Waals surface area contributed by atoms with E-state index in [4.69, 9.17) is 9.84 Å². The molecule has 0 aliphatic heterocycles. The zero-order chi connectivity index (χ0) is 27.7. The van der Waals surface area contributed by atoms with Crippen molar-refractivity contribution in [1.82, 2.24) is 15.2 Å². The molecule has 0 unspecified atom stereocenters. The Labute approximate surface area is 229 Å². The number of carbonyl (C=O) groups is 2. The highest BCUT2D eigenvalue weighted by atomic mass is 19.1. The van der Waals surface area contributed by atoms with Crippen molar-refractivity contribution in [2.24, 2.45) is 5.10 Å². The van der Waals surface area contributed by atoms with Crippen LogP contribution in [0, 0.1) is 5.82 Å². The maximum Gasteiger partial charge on any atom is 0.329 e. The van der Waals surface area contributed by atoms with Gasteiger partial charge < -0.3 is 10.1 Å². The minimum Gasteiger partial charge on any atom is -0.489 e. The van der Waals surface area contributed by atoms with Gasteiger partial charge in [-0.3, -0.25) is 9.59 Å². The summed E-state index contributed by atoms with van der Waals surface area (Å²) in [5.74, 6) is -1.65. The second-order valence-electron chi connectivity index (χ2n) is 8.67. The molecule has 0 spiro atoms. The Hall–Kier alpha value is -5.57. The molecular formula is C31H24FN5O3. The molecule has 0 saturated carbocycles. The van der Waals surface area contributed by atoms with Gasteiger partial charge >= 0.3 is 11.8 Å². The summed E-state index contributed by atoms with van der Waals surface area (Å²) in [6.45, 7) is 0.454. The largest absolute Gasteiger partial charge is 0.489 e. The molecular weight excluding hydrogens is 509 g/mol. The average molecular weight is 534 g/mol. The third-order valence-corrected chi connectivity index (χ3v) is 5.82. The number of hydrogen-bond donors (Lipinski definition) is 2. The van der Waals surface area contributed by atoms with Gasteiger partial charge in [-0.05, 0) is 66.2 Å². The summed E-state index contributed by atoms with van der Waals surface area (Å²) in [6.07, 6.45) is 3.20. The van der Waals surface area contributed by atoms with Crippen LogP contribution in [0.25, 0.3) is 16.9 Å². The van der Waals surface area contributed by atoms with Gasteiger partial charge in [0, 0.05) is 23.0 Å². The van der Waals surface area contributed by atoms with E-state index in [1.165, 1.54) is 30.5 Å². The van der Waals surface area contributed by atoms with Crippen molar-refractivity contribution < 1.29 is 18.7 Å². The monoisotopic (exact) mass is 533 g/mol. The lowest BCUT2D eigenvalue weighted by atomic mass is 10.1. The zero-order valence-electron chi connectivity index (χ0n) is 21.2. The Morgan fingerprint density at radius 3 is 2.23 bits per heavy atom. The van der Waals surface area contributed by atoms with Crippen LogP contribution in [0.2, 0.25) is 0 Å². The standard InChI is InChI=1S/C31H24FN5O3/c32-25-13-15-26(16-14-25)34-30(38)31(39)35-33-19-24-20-37(27-9-5-2-6-10-27)36-29(24)23-11-17-28(18-12-23)40-21-22-7-3-1-4-8-22/h1-20H,21H2,(H,34,38)(H,35,39)/b33-19+. The van der Waals surface area contributed by atoms with E-state index in [1.54, 1.807) is 10.9 Å². The van der Waals surface area contributed by atoms with E-state index in [-0.39, 0.29) is 5.69 Å². The van der Waals surface area contributed by atoms with Crippen molar-refractivity contribution in [3.63, 3.8) is 0 Å². The summed E-state index contributed by atoms with van der Waals surface area (Å²) < 4.78 is 20.7. The molecule has 5 aromatic rings. The topological polar surface area (TPSA) is 97.6 Å². The first-order chi connectivity index (χ1) is 19.5. The first-order valence-electron chi connectivity index (χ1n) is 12.4. The third kappa shape index (κ3) is 6.65. The number of benzene rings is 4. The van der Waals surface area contributed by atoms with Crippen molar-refractivity contribution in [2.75, 3.05) is 5.32 Å². The first-order valence-corrected chi connectivity index (χ1v) is 12.4. The highest BCUT2D eigenvalue weighted by Crippen LogP contribution is 2.25. The van der Waals surface area contributed by atoms with Crippen LogP contribution in [0.4, 0.5) is 10.1 Å². The lowest BCUT2D eigenvalue weighted by Gasteiger charge is -2.07. The molecule has 0 saturated heterocycles. The molecule has 8 nitrogen and oxygen atoms in total. The number of aromatic nitrogens is 2. The molecule has 2 amide bonds. The number of nitrogens with zero attached hydrogens (tertiary/aromatic N) is 3. The van der Waals surface area contributed by atoms with E-state index in [0.717, 1.165) is 16.8 Å². The number of rotatable bonds is 8. The van der Waals surface area contributed by atoms with E-state index < -0.39 is 17.6 Å². The maximum atomic E-state index is 13.1. The summed E-state index contributed by atoms with van der Waals surface area (Å²) in [7, 11) is 0. The van der Waals surface area contributed by atoms with Crippen molar-refractivity contribution in [3.05, 3.63) is 132 Å². The van der Waals surface area contributed by atoms with E-state index >= 15 is 0 Å². The lowest BCUT2D eigenvalue weighted by molar-refractivity contribution is -0.136. The minimum atomic E-state index is -0.975. The van der Waals surface area contributed by atoms with E-state index in [9.17, 15) is 14.0 Å². The second kappa shape index (κ2) is 12.3. The summed E-state index contributed by atoms with van der Waals surface area (Å²) in [6, 6.07) is 32.0. The molecule has 198 valence electrons. The maximum absolute atomic E-state index is 13.1. The minimum absolute atomic E-state index is 0.285. The summed E-state index contributed by atoms with van der Waals surface area (Å²) in [4.78, 5) is 24.4. The van der Waals surface area contributed by atoms with Crippen LogP contribution < -0.4 is 15.5 Å². The van der Waals surface area contributed by atoms with Gasteiger partial charge in [0.15, 0.2) is 0 Å². The number of halogens is 1. The predicted octanol–water partition coefficient (Wildman–Crippen LogP) is 5.35. The van der Waals surface area contributed by atoms with Gasteiger partial charge in [-0.1, -0.05) is 48.5 Å². The number of hydrazone groups is 1. The molecule has 0 radical (unpaired) electrons. The zero-order valence-corrected chi connectivity index (χ0v) is 21.2. The van der Waals surface area contributed by atoms with Gasteiger partial charge in [0.2, 0.25) is 0 Å². The number of anilines is 1. The fourth-order valence-electron chi connectivity index (χ4n) is 3.80. The van der Waals surface area contributed by atoms with Gasteiger partial charge in [-0.25, -0.2) is 14.5 Å². The van der Waals surface area contributed by atoms with Gasteiger partial charge in [0.1, 0.15) is 23.9 Å². The molecule has 9 heteroatoms. The van der Waals surface area contributed by atoms with E-state index in [2.05, 4.69) is 15.8 Å². The summed E-state index contributed by atoms with van der Waals surface area (Å²) >= 11 is 0. The van der Waals surface area contributed by atoms with Crippen molar-refractivity contribution >= 4 is 23.7 Å². The van der Waals surface area contributed by atoms with Gasteiger partial charge in [-0.15, -0.1) is 0 Å². The molecule has 5 rings (SSSR count). The van der Waals surface area contributed by atoms with Crippen LogP contribution in [-0.4, -0.2) is 27.8 Å². The Balaban J connectivity index is 1.31. The number of ether oxygens (including phenoxy) is 1.